The lowest BCUT2D eigenvalue weighted by atomic mass is 9.95. The summed E-state index contributed by atoms with van der Waals surface area (Å²) in [5.74, 6) is -0.233. The number of hydrogen-bond acceptors (Lipinski definition) is 3. The molecule has 1 aromatic rings. The zero-order valence-electron chi connectivity index (χ0n) is 11.8. The van der Waals surface area contributed by atoms with E-state index in [0.717, 1.165) is 17.3 Å². The molecule has 1 aromatic carbocycles. The average Bonchev–Trinajstić information content (AvgIpc) is 2.76. The van der Waals surface area contributed by atoms with Crippen LogP contribution in [0.15, 0.2) is 28.7 Å². The van der Waals surface area contributed by atoms with Crippen LogP contribution in [0.2, 0.25) is 0 Å². The molecule has 1 heterocycles. The van der Waals surface area contributed by atoms with Gasteiger partial charge in [-0.1, -0.05) is 35.2 Å². The molecule has 0 bridgehead atoms. The van der Waals surface area contributed by atoms with E-state index in [0.29, 0.717) is 11.7 Å². The molecule has 2 amide bonds. The van der Waals surface area contributed by atoms with Gasteiger partial charge in [0.2, 0.25) is 5.91 Å². The molecule has 0 aromatic heterocycles. The Hall–Kier alpha value is -1.20. The van der Waals surface area contributed by atoms with Crippen LogP contribution in [0.25, 0.3) is 0 Å². The maximum atomic E-state index is 12.5. The maximum absolute atomic E-state index is 12.5. The van der Waals surface area contributed by atoms with Crippen molar-refractivity contribution in [3.05, 3.63) is 28.7 Å². The molecule has 1 saturated heterocycles. The first-order valence-electron chi connectivity index (χ1n) is 7.53. The minimum absolute atomic E-state index is 0.115. The van der Waals surface area contributed by atoms with Gasteiger partial charge < -0.3 is 5.32 Å². The molecular weight excluding hydrogens is 332 g/mol. The van der Waals surface area contributed by atoms with Crippen LogP contribution in [0.4, 0.5) is 5.69 Å². The van der Waals surface area contributed by atoms with Crippen molar-refractivity contribution in [3.63, 3.8) is 0 Å². The van der Waals surface area contributed by atoms with E-state index in [-0.39, 0.29) is 24.3 Å². The number of nitrogens with one attached hydrogen (secondary N) is 1. The Morgan fingerprint density at radius 2 is 1.71 bits per heavy atom. The lowest BCUT2D eigenvalue weighted by Gasteiger charge is -2.25. The first-order valence-corrected chi connectivity index (χ1v) is 8.33. The van der Waals surface area contributed by atoms with Gasteiger partial charge in [0.15, 0.2) is 0 Å². The highest BCUT2D eigenvalue weighted by Gasteiger charge is 2.40. The van der Waals surface area contributed by atoms with Crippen LogP contribution in [-0.4, -0.2) is 23.9 Å². The van der Waals surface area contributed by atoms with Gasteiger partial charge in [-0.05, 0) is 37.1 Å². The van der Waals surface area contributed by atoms with Crippen LogP contribution >= 0.6 is 15.9 Å². The topological polar surface area (TPSA) is 49.4 Å². The van der Waals surface area contributed by atoms with E-state index in [1.165, 1.54) is 24.2 Å². The Balaban J connectivity index is 1.71. The van der Waals surface area contributed by atoms with Gasteiger partial charge in [-0.2, -0.15) is 0 Å². The second kappa shape index (κ2) is 6.28. The molecule has 3 rings (SSSR count). The molecule has 4 nitrogen and oxygen atoms in total. The Labute approximate surface area is 133 Å². The van der Waals surface area contributed by atoms with E-state index in [4.69, 9.17) is 0 Å². The molecule has 1 aliphatic heterocycles. The van der Waals surface area contributed by atoms with Crippen molar-refractivity contribution in [1.29, 1.82) is 0 Å². The van der Waals surface area contributed by atoms with Gasteiger partial charge in [-0.3, -0.25) is 9.59 Å². The highest BCUT2D eigenvalue weighted by Crippen LogP contribution is 2.26. The third kappa shape index (κ3) is 3.19. The summed E-state index contributed by atoms with van der Waals surface area (Å²) in [6.45, 7) is 0. The normalized spacial score (nSPS) is 23.9. The van der Waals surface area contributed by atoms with Crippen LogP contribution in [0.5, 0.6) is 0 Å². The average molecular weight is 351 g/mol. The Morgan fingerprint density at radius 1 is 1.05 bits per heavy atom. The first-order chi connectivity index (χ1) is 10.1. The molecular formula is C16H19BrN2O2. The smallest absolute Gasteiger partial charge is 0.251 e. The summed E-state index contributed by atoms with van der Waals surface area (Å²) >= 11 is 3.36. The second-order valence-corrected chi connectivity index (χ2v) is 6.72. The number of imide groups is 1. The summed E-state index contributed by atoms with van der Waals surface area (Å²) in [6.07, 6.45) is 6.19. The van der Waals surface area contributed by atoms with Gasteiger partial charge in [-0.25, -0.2) is 4.90 Å². The van der Waals surface area contributed by atoms with E-state index < -0.39 is 0 Å². The standard InChI is InChI=1S/C16H19BrN2O2/c17-11-6-8-13(9-7-11)19-15(20)10-14(16(19)21)18-12-4-2-1-3-5-12/h6-9,12,14,18H,1-5,10H2/t14-/m1/s1. The summed E-state index contributed by atoms with van der Waals surface area (Å²) in [6, 6.07) is 7.30. The zero-order valence-corrected chi connectivity index (χ0v) is 13.4. The summed E-state index contributed by atoms with van der Waals surface area (Å²) in [5.41, 5.74) is 0.654. The summed E-state index contributed by atoms with van der Waals surface area (Å²) in [5, 5.41) is 3.39. The van der Waals surface area contributed by atoms with E-state index in [9.17, 15) is 9.59 Å². The zero-order chi connectivity index (χ0) is 14.8. The fraction of sp³-hybridized carbons (Fsp3) is 0.500. The predicted molar refractivity (Wildman–Crippen MR) is 85.0 cm³/mol. The molecule has 21 heavy (non-hydrogen) atoms. The maximum Gasteiger partial charge on any atom is 0.251 e. The van der Waals surface area contributed by atoms with Crippen molar-refractivity contribution >= 4 is 33.4 Å². The fourth-order valence-corrected chi connectivity index (χ4v) is 3.44. The van der Waals surface area contributed by atoms with Crippen LogP contribution < -0.4 is 10.2 Å². The molecule has 112 valence electrons. The van der Waals surface area contributed by atoms with E-state index in [1.54, 1.807) is 12.1 Å². The number of anilines is 1. The number of amides is 2. The third-order valence-electron chi connectivity index (χ3n) is 4.27. The van der Waals surface area contributed by atoms with Crippen LogP contribution in [0, 0.1) is 0 Å². The van der Waals surface area contributed by atoms with Crippen LogP contribution in [0.3, 0.4) is 0 Å². The lowest BCUT2D eigenvalue weighted by molar-refractivity contribution is -0.121. The van der Waals surface area contributed by atoms with E-state index >= 15 is 0 Å². The molecule has 2 fully saturated rings. The molecule has 1 atom stereocenters. The number of rotatable bonds is 3. The number of halogens is 1. The molecule has 2 aliphatic rings. The fourth-order valence-electron chi connectivity index (χ4n) is 3.18. The van der Waals surface area contributed by atoms with E-state index in [1.807, 2.05) is 12.1 Å². The number of benzene rings is 1. The van der Waals surface area contributed by atoms with Crippen molar-refractivity contribution in [2.24, 2.45) is 0 Å². The molecule has 0 radical (unpaired) electrons. The monoisotopic (exact) mass is 350 g/mol. The molecule has 0 spiro atoms. The van der Waals surface area contributed by atoms with Crippen LogP contribution in [-0.2, 0) is 9.59 Å². The van der Waals surface area contributed by atoms with Crippen molar-refractivity contribution in [2.45, 2.75) is 50.6 Å². The van der Waals surface area contributed by atoms with Crippen molar-refractivity contribution in [2.75, 3.05) is 4.90 Å². The summed E-state index contributed by atoms with van der Waals surface area (Å²) < 4.78 is 0.933. The van der Waals surface area contributed by atoms with Crippen molar-refractivity contribution in [1.82, 2.24) is 5.32 Å². The summed E-state index contributed by atoms with van der Waals surface area (Å²) in [4.78, 5) is 26.0. The quantitative estimate of drug-likeness (QED) is 0.852. The Bertz CT molecular complexity index is 538. The molecule has 0 unspecified atom stereocenters. The molecule has 1 N–H and O–H groups in total. The Morgan fingerprint density at radius 3 is 2.38 bits per heavy atom. The number of carbonyl (C=O) groups excluding carboxylic acids is 2. The summed E-state index contributed by atoms with van der Waals surface area (Å²) in [7, 11) is 0. The highest BCUT2D eigenvalue weighted by molar-refractivity contribution is 9.10. The minimum atomic E-state index is -0.357. The van der Waals surface area contributed by atoms with Gasteiger partial charge >= 0.3 is 0 Å². The second-order valence-electron chi connectivity index (χ2n) is 5.80. The van der Waals surface area contributed by atoms with Crippen molar-refractivity contribution in [3.8, 4) is 0 Å². The number of hydrogen-bond donors (Lipinski definition) is 1. The van der Waals surface area contributed by atoms with Gasteiger partial charge in [-0.15, -0.1) is 0 Å². The van der Waals surface area contributed by atoms with Gasteiger partial charge in [0, 0.05) is 10.5 Å². The first kappa shape index (κ1) is 14.7. The van der Waals surface area contributed by atoms with Gasteiger partial charge in [0.25, 0.3) is 5.91 Å². The molecule has 1 aliphatic carbocycles. The minimum Gasteiger partial charge on any atom is -0.303 e. The molecule has 1 saturated carbocycles. The van der Waals surface area contributed by atoms with Gasteiger partial charge in [0.05, 0.1) is 18.2 Å². The largest absolute Gasteiger partial charge is 0.303 e. The molecule has 5 heteroatoms. The van der Waals surface area contributed by atoms with Crippen LogP contribution in [0.1, 0.15) is 38.5 Å². The van der Waals surface area contributed by atoms with E-state index in [2.05, 4.69) is 21.2 Å². The lowest BCUT2D eigenvalue weighted by Crippen LogP contribution is -2.44. The van der Waals surface area contributed by atoms with Gasteiger partial charge in [0.1, 0.15) is 0 Å². The van der Waals surface area contributed by atoms with Crippen molar-refractivity contribution < 1.29 is 9.59 Å². The SMILES string of the molecule is O=C1C[C@@H](NC2CCCCC2)C(=O)N1c1ccc(Br)cc1. The number of carbonyl (C=O) groups is 2. The predicted octanol–water partition coefficient (Wildman–Crippen LogP) is 3.00. The Kier molecular flexibility index (Phi) is 4.40. The number of nitrogens with zero attached hydrogens (tertiary/aromatic N) is 1. The highest BCUT2D eigenvalue weighted by atomic mass is 79.9. The third-order valence-corrected chi connectivity index (χ3v) is 4.80.